The first-order valence-corrected chi connectivity index (χ1v) is 7.72. The highest BCUT2D eigenvalue weighted by atomic mass is 32.2. The number of sulfonamides is 1. The lowest BCUT2D eigenvalue weighted by molar-refractivity contribution is -0.385. The molecule has 9 heteroatoms. The fourth-order valence-corrected chi connectivity index (χ4v) is 2.18. The van der Waals surface area contributed by atoms with Crippen LogP contribution in [0.25, 0.3) is 0 Å². The van der Waals surface area contributed by atoms with Crippen molar-refractivity contribution < 1.29 is 22.9 Å². The molecule has 0 radical (unpaired) electrons. The molecule has 0 fully saturated rings. The second-order valence-electron chi connectivity index (χ2n) is 4.41. The number of benzene rings is 1. The van der Waals surface area contributed by atoms with E-state index >= 15 is 0 Å². The van der Waals surface area contributed by atoms with Crippen LogP contribution in [0.5, 0.6) is 0 Å². The van der Waals surface area contributed by atoms with E-state index in [1.54, 1.807) is 0 Å². The van der Waals surface area contributed by atoms with Crippen molar-refractivity contribution in [3.05, 3.63) is 33.4 Å². The van der Waals surface area contributed by atoms with E-state index in [0.29, 0.717) is 6.42 Å². The van der Waals surface area contributed by atoms with Crippen molar-refractivity contribution in [2.45, 2.75) is 31.6 Å². The lowest BCUT2D eigenvalue weighted by Gasteiger charge is -2.09. The van der Waals surface area contributed by atoms with Crippen molar-refractivity contribution in [2.75, 3.05) is 6.61 Å². The van der Waals surface area contributed by atoms with Gasteiger partial charge in [-0.25, -0.2) is 18.4 Å². The number of hydrogen-bond acceptors (Lipinski definition) is 6. The molecule has 0 aromatic heterocycles. The van der Waals surface area contributed by atoms with Crippen molar-refractivity contribution in [2.24, 2.45) is 5.14 Å². The van der Waals surface area contributed by atoms with Crippen LogP contribution in [0, 0.1) is 17.0 Å². The van der Waals surface area contributed by atoms with Gasteiger partial charge in [-0.1, -0.05) is 13.3 Å². The molecule has 1 aromatic rings. The highest BCUT2D eigenvalue weighted by Crippen LogP contribution is 2.26. The van der Waals surface area contributed by atoms with Crippen molar-refractivity contribution in [1.82, 2.24) is 0 Å². The van der Waals surface area contributed by atoms with E-state index in [9.17, 15) is 23.3 Å². The minimum atomic E-state index is -4.17. The van der Waals surface area contributed by atoms with E-state index in [4.69, 9.17) is 9.88 Å². The van der Waals surface area contributed by atoms with E-state index in [1.807, 2.05) is 6.92 Å². The highest BCUT2D eigenvalue weighted by Gasteiger charge is 2.24. The zero-order chi connectivity index (χ0) is 16.2. The molecule has 0 aliphatic rings. The van der Waals surface area contributed by atoms with Gasteiger partial charge in [0.15, 0.2) is 0 Å². The number of carbonyl (C=O) groups excluding carboxylic acids is 1. The van der Waals surface area contributed by atoms with Crippen LogP contribution in [0.2, 0.25) is 0 Å². The molecule has 2 N–H and O–H groups in total. The molecule has 0 amide bonds. The van der Waals surface area contributed by atoms with Gasteiger partial charge < -0.3 is 4.74 Å². The SMILES string of the molecule is CCCCOC(=O)c1cc(S(N)(=O)=O)cc([N+](=O)[O-])c1C. The largest absolute Gasteiger partial charge is 0.462 e. The Morgan fingerprint density at radius 2 is 2.05 bits per heavy atom. The summed E-state index contributed by atoms with van der Waals surface area (Å²) < 4.78 is 27.7. The van der Waals surface area contributed by atoms with Crippen LogP contribution in [0.4, 0.5) is 5.69 Å². The van der Waals surface area contributed by atoms with Crippen molar-refractivity contribution in [3.8, 4) is 0 Å². The van der Waals surface area contributed by atoms with Crippen molar-refractivity contribution in [1.29, 1.82) is 0 Å². The van der Waals surface area contributed by atoms with Crippen molar-refractivity contribution in [3.63, 3.8) is 0 Å². The van der Waals surface area contributed by atoms with E-state index in [0.717, 1.165) is 18.6 Å². The van der Waals surface area contributed by atoms with Gasteiger partial charge in [-0.05, 0) is 19.4 Å². The fraction of sp³-hybridized carbons (Fsp3) is 0.417. The lowest BCUT2D eigenvalue weighted by atomic mass is 10.1. The Labute approximate surface area is 122 Å². The van der Waals surface area contributed by atoms with Crippen LogP contribution >= 0.6 is 0 Å². The normalized spacial score (nSPS) is 11.2. The number of ether oxygens (including phenoxy) is 1. The van der Waals surface area contributed by atoms with Crippen LogP contribution in [-0.4, -0.2) is 25.9 Å². The molecule has 0 aliphatic heterocycles. The summed E-state index contributed by atoms with van der Waals surface area (Å²) in [7, 11) is -4.17. The van der Waals surface area contributed by atoms with E-state index in [2.05, 4.69) is 0 Å². The van der Waals surface area contributed by atoms with E-state index < -0.39 is 31.5 Å². The van der Waals surface area contributed by atoms with E-state index in [-0.39, 0.29) is 17.7 Å². The third kappa shape index (κ3) is 4.23. The van der Waals surface area contributed by atoms with Gasteiger partial charge in [0.1, 0.15) is 0 Å². The minimum absolute atomic E-state index is 0.0360. The van der Waals surface area contributed by atoms with Gasteiger partial charge in [0.2, 0.25) is 10.0 Å². The number of rotatable bonds is 6. The second-order valence-corrected chi connectivity index (χ2v) is 5.97. The molecule has 0 heterocycles. The highest BCUT2D eigenvalue weighted by molar-refractivity contribution is 7.89. The molecule has 0 aliphatic carbocycles. The number of nitrogens with two attached hydrogens (primary N) is 1. The van der Waals surface area contributed by atoms with Gasteiger partial charge in [0, 0.05) is 11.6 Å². The maximum atomic E-state index is 11.9. The van der Waals surface area contributed by atoms with Crippen LogP contribution in [0.1, 0.15) is 35.7 Å². The Kier molecular flexibility index (Phi) is 5.39. The second kappa shape index (κ2) is 6.64. The number of unbranched alkanes of at least 4 members (excludes halogenated alkanes) is 1. The molecule has 0 saturated carbocycles. The standard InChI is InChI=1S/C12H16N2O6S/c1-3-4-5-20-12(15)10-6-9(21(13,18)19)7-11(8(10)2)14(16)17/h6-7H,3-5H2,1-2H3,(H2,13,18,19). The van der Waals surface area contributed by atoms with Crippen molar-refractivity contribution >= 4 is 21.7 Å². The monoisotopic (exact) mass is 316 g/mol. The zero-order valence-electron chi connectivity index (χ0n) is 11.7. The molecule has 1 rings (SSSR count). The first-order chi connectivity index (χ1) is 9.68. The predicted octanol–water partition coefficient (Wildman–Crippen LogP) is 1.51. The summed E-state index contributed by atoms with van der Waals surface area (Å²) in [6.45, 7) is 3.41. The Balaban J connectivity index is 3.33. The molecule has 1 aromatic carbocycles. The van der Waals surface area contributed by atoms with Gasteiger partial charge in [-0.3, -0.25) is 10.1 Å². The van der Waals surface area contributed by atoms with Gasteiger partial charge in [0.25, 0.3) is 5.69 Å². The Bertz CT molecular complexity index is 669. The summed E-state index contributed by atoms with van der Waals surface area (Å²) in [6, 6.07) is 1.82. The van der Waals surface area contributed by atoms with E-state index in [1.165, 1.54) is 6.92 Å². The van der Waals surface area contributed by atoms with Crippen LogP contribution in [0.15, 0.2) is 17.0 Å². The maximum absolute atomic E-state index is 11.9. The molecule has 116 valence electrons. The maximum Gasteiger partial charge on any atom is 0.338 e. The van der Waals surface area contributed by atoms with Gasteiger partial charge in [0.05, 0.1) is 22.0 Å². The summed E-state index contributed by atoms with van der Waals surface area (Å²) in [4.78, 5) is 21.6. The zero-order valence-corrected chi connectivity index (χ0v) is 12.5. The van der Waals surface area contributed by atoms with Gasteiger partial charge >= 0.3 is 5.97 Å². The van der Waals surface area contributed by atoms with Gasteiger partial charge in [-0.15, -0.1) is 0 Å². The Morgan fingerprint density at radius 1 is 1.43 bits per heavy atom. The number of nitro benzene ring substituents is 1. The van der Waals surface area contributed by atoms with Crippen LogP contribution in [0.3, 0.4) is 0 Å². The number of nitrogens with zero attached hydrogens (tertiary/aromatic N) is 1. The number of esters is 1. The molecule has 0 spiro atoms. The third-order valence-electron chi connectivity index (χ3n) is 2.83. The summed E-state index contributed by atoms with van der Waals surface area (Å²) in [5.74, 6) is -0.811. The molecule has 0 unspecified atom stereocenters. The molecule has 8 nitrogen and oxygen atoms in total. The average molecular weight is 316 g/mol. The Morgan fingerprint density at radius 3 is 2.52 bits per heavy atom. The minimum Gasteiger partial charge on any atom is -0.462 e. The Hall–Kier alpha value is -2.00. The predicted molar refractivity (Wildman–Crippen MR) is 74.4 cm³/mol. The summed E-state index contributed by atoms with van der Waals surface area (Å²) in [5.41, 5.74) is -0.637. The molecule has 0 saturated heterocycles. The fourth-order valence-electron chi connectivity index (χ4n) is 1.63. The van der Waals surface area contributed by atoms with Crippen LogP contribution in [-0.2, 0) is 14.8 Å². The number of hydrogen-bond donors (Lipinski definition) is 1. The van der Waals surface area contributed by atoms with Crippen LogP contribution < -0.4 is 5.14 Å². The molecule has 21 heavy (non-hydrogen) atoms. The number of carbonyl (C=O) groups is 1. The van der Waals surface area contributed by atoms with Gasteiger partial charge in [-0.2, -0.15) is 0 Å². The number of primary sulfonamides is 1. The first kappa shape index (κ1) is 17.1. The summed E-state index contributed by atoms with van der Waals surface area (Å²) in [6.07, 6.45) is 1.45. The topological polar surface area (TPSA) is 130 Å². The molecular weight excluding hydrogens is 300 g/mol. The number of nitro groups is 1. The quantitative estimate of drug-likeness (QED) is 0.366. The third-order valence-corrected chi connectivity index (χ3v) is 3.72. The summed E-state index contributed by atoms with van der Waals surface area (Å²) >= 11 is 0. The summed E-state index contributed by atoms with van der Waals surface area (Å²) in [5, 5.41) is 15.9. The first-order valence-electron chi connectivity index (χ1n) is 6.17. The molecular formula is C12H16N2O6S. The molecule has 0 atom stereocenters. The lowest BCUT2D eigenvalue weighted by Crippen LogP contribution is -2.16. The average Bonchev–Trinajstić information content (AvgIpc) is 2.37. The smallest absolute Gasteiger partial charge is 0.338 e. The molecule has 0 bridgehead atoms.